The molecule has 0 aliphatic carbocycles. The fourth-order valence-electron chi connectivity index (χ4n) is 10.6. The van der Waals surface area contributed by atoms with Crippen molar-refractivity contribution in [3.63, 3.8) is 0 Å². The summed E-state index contributed by atoms with van der Waals surface area (Å²) in [5, 5.41) is 9.08. The van der Waals surface area contributed by atoms with E-state index in [1.54, 1.807) is 40.6 Å². The highest BCUT2D eigenvalue weighted by Gasteiger charge is 2.45. The Bertz CT molecular complexity index is 2110. The van der Waals surface area contributed by atoms with E-state index in [4.69, 9.17) is 47.7 Å². The Balaban J connectivity index is 1.24. The van der Waals surface area contributed by atoms with Crippen molar-refractivity contribution >= 4 is 11.9 Å². The number of allylic oxidation sites excluding steroid dienone is 1. The number of amides is 1. The Hall–Kier alpha value is -4.86. The van der Waals surface area contributed by atoms with E-state index in [2.05, 4.69) is 36.1 Å². The van der Waals surface area contributed by atoms with Crippen molar-refractivity contribution in [2.45, 2.75) is 76.7 Å². The molecule has 7 rings (SSSR count). The molecule has 1 amide bonds. The Morgan fingerprint density at radius 2 is 1.40 bits per heavy atom. The normalized spacial score (nSPS) is 23.8. The number of aliphatic hydroxyl groups excluding tert-OH is 1. The first-order valence-corrected chi connectivity index (χ1v) is 23.2. The maximum Gasteiger partial charge on any atom is 0.337 e. The number of ether oxygens (including phenoxy) is 9. The summed E-state index contributed by atoms with van der Waals surface area (Å²) in [6.07, 6.45) is 6.05. The predicted molar refractivity (Wildman–Crippen MR) is 244 cm³/mol. The lowest BCUT2D eigenvalue weighted by atomic mass is 9.72. The maximum atomic E-state index is 15.4. The van der Waals surface area contributed by atoms with Gasteiger partial charge in [0.05, 0.1) is 73.6 Å². The highest BCUT2D eigenvalue weighted by atomic mass is 16.7. The van der Waals surface area contributed by atoms with Crippen molar-refractivity contribution < 1.29 is 57.3 Å². The summed E-state index contributed by atoms with van der Waals surface area (Å²) in [7, 11) is 8.04. The molecule has 0 bridgehead atoms. The van der Waals surface area contributed by atoms with E-state index in [1.165, 1.54) is 18.2 Å². The van der Waals surface area contributed by atoms with Gasteiger partial charge in [0.1, 0.15) is 0 Å². The fraction of sp³-hybridized carbons (Fsp3) is 0.569. The molecule has 3 aromatic carbocycles. The van der Waals surface area contributed by atoms with Gasteiger partial charge in [-0.1, -0.05) is 25.5 Å². The van der Waals surface area contributed by atoms with Crippen LogP contribution in [0.3, 0.4) is 0 Å². The SMILES string of the molecule is CCOC1OC(C(=O)N2CCc3cc(OC)c(OC)cc3C2CC2CC3c4cc(OC)c(OC)cc4CCN3CC2CC)=CC(c2ccc(C(=O)OC)cc2)C1CCOCCOCCO. The van der Waals surface area contributed by atoms with Crippen molar-refractivity contribution in [1.82, 2.24) is 9.80 Å². The zero-order chi connectivity index (χ0) is 46.0. The Morgan fingerprint density at radius 1 is 0.769 bits per heavy atom. The minimum absolute atomic E-state index is 0.0483. The van der Waals surface area contributed by atoms with Gasteiger partial charge in [-0.05, 0) is 121 Å². The fourth-order valence-corrected chi connectivity index (χ4v) is 10.6. The number of fused-ring (bicyclic) bond motifs is 4. The molecule has 14 heteroatoms. The van der Waals surface area contributed by atoms with Gasteiger partial charge in [0.2, 0.25) is 6.29 Å². The maximum absolute atomic E-state index is 15.4. The van der Waals surface area contributed by atoms with Crippen molar-refractivity contribution in [1.29, 1.82) is 0 Å². The zero-order valence-corrected chi connectivity index (χ0v) is 39.2. The minimum atomic E-state index is -0.751. The molecule has 7 unspecified atom stereocenters. The second-order valence-corrected chi connectivity index (χ2v) is 17.2. The summed E-state index contributed by atoms with van der Waals surface area (Å²) in [6.45, 7) is 8.34. The van der Waals surface area contributed by atoms with Crippen LogP contribution in [0.5, 0.6) is 23.0 Å². The minimum Gasteiger partial charge on any atom is -0.493 e. The number of esters is 1. The monoisotopic (exact) mass is 900 g/mol. The molecule has 0 aromatic heterocycles. The zero-order valence-electron chi connectivity index (χ0n) is 39.2. The first-order chi connectivity index (χ1) is 31.7. The number of rotatable bonds is 20. The predicted octanol–water partition coefficient (Wildman–Crippen LogP) is 7.06. The molecule has 354 valence electrons. The number of hydrogen-bond acceptors (Lipinski definition) is 13. The van der Waals surface area contributed by atoms with Crippen LogP contribution in [0.2, 0.25) is 0 Å². The van der Waals surface area contributed by atoms with Crippen LogP contribution in [-0.2, 0) is 41.3 Å². The number of methoxy groups -OCH3 is 5. The van der Waals surface area contributed by atoms with Crippen molar-refractivity contribution in [3.05, 3.63) is 93.7 Å². The average molecular weight is 901 g/mol. The molecule has 1 fully saturated rings. The third-order valence-electron chi connectivity index (χ3n) is 13.9. The number of aliphatic hydroxyl groups is 1. The second kappa shape index (κ2) is 22.6. The van der Waals surface area contributed by atoms with Crippen molar-refractivity contribution in [2.24, 2.45) is 17.8 Å². The standard InChI is InChI=1S/C51H68N2O12/c1-8-32-31-52-17-14-35-26-44(57-3)46(59-5)29-40(35)42(52)24-37(32)25-43-41-30-47(60-6)45(58-4)27-36(41)15-18-53(43)49(55)48-28-39(33-10-12-34(13-11-33)50(56)61-7)38(51(65-48)64-9-2)16-20-62-22-23-63-21-19-54/h10-13,26-30,32,37-39,42-43,51,54H,8-9,14-25,31H2,1-7H3. The Kier molecular flexibility index (Phi) is 16.7. The van der Waals surface area contributed by atoms with E-state index in [-0.39, 0.29) is 54.7 Å². The topological polar surface area (TPSA) is 144 Å². The molecule has 0 spiro atoms. The van der Waals surface area contributed by atoms with E-state index in [0.717, 1.165) is 67.0 Å². The average Bonchev–Trinajstić information content (AvgIpc) is 3.34. The number of nitrogens with zero attached hydrogens (tertiary/aromatic N) is 2. The van der Waals surface area contributed by atoms with Crippen LogP contribution in [0.1, 0.15) is 95.7 Å². The second-order valence-electron chi connectivity index (χ2n) is 17.2. The summed E-state index contributed by atoms with van der Waals surface area (Å²) in [6, 6.07) is 15.7. The van der Waals surface area contributed by atoms with E-state index in [9.17, 15) is 4.79 Å². The van der Waals surface area contributed by atoms with E-state index >= 15 is 4.79 Å². The van der Waals surface area contributed by atoms with Gasteiger partial charge < -0.3 is 52.6 Å². The summed E-state index contributed by atoms with van der Waals surface area (Å²) >= 11 is 0. The Labute approximate surface area is 384 Å². The molecule has 0 radical (unpaired) electrons. The van der Waals surface area contributed by atoms with Crippen molar-refractivity contribution in [2.75, 3.05) is 94.8 Å². The first kappa shape index (κ1) is 48.1. The van der Waals surface area contributed by atoms with Gasteiger partial charge in [-0.15, -0.1) is 0 Å². The molecular formula is C51H68N2O12. The van der Waals surface area contributed by atoms with Crippen molar-refractivity contribution in [3.8, 4) is 23.0 Å². The molecule has 1 N–H and O–H groups in total. The summed E-state index contributed by atoms with van der Waals surface area (Å²) in [5.74, 6) is 2.57. The van der Waals surface area contributed by atoms with Crippen LogP contribution >= 0.6 is 0 Å². The van der Waals surface area contributed by atoms with Gasteiger partial charge in [-0.2, -0.15) is 0 Å². The van der Waals surface area contributed by atoms with Gasteiger partial charge in [0, 0.05) is 50.7 Å². The van der Waals surface area contributed by atoms with Crippen LogP contribution in [0.4, 0.5) is 0 Å². The summed E-state index contributed by atoms with van der Waals surface area (Å²) < 4.78 is 52.6. The number of carbonyl (C=O) groups excluding carboxylic acids is 2. The summed E-state index contributed by atoms with van der Waals surface area (Å²) in [5.41, 5.74) is 6.12. The molecule has 65 heavy (non-hydrogen) atoms. The lowest BCUT2D eigenvalue weighted by Gasteiger charge is -2.49. The van der Waals surface area contributed by atoms with Crippen LogP contribution in [0.25, 0.3) is 0 Å². The number of benzene rings is 3. The molecular weight excluding hydrogens is 833 g/mol. The number of piperidine rings is 1. The smallest absolute Gasteiger partial charge is 0.337 e. The van der Waals surface area contributed by atoms with Gasteiger partial charge in [0.15, 0.2) is 28.8 Å². The molecule has 4 aliphatic heterocycles. The third kappa shape index (κ3) is 10.6. The van der Waals surface area contributed by atoms with Gasteiger partial charge in [0.25, 0.3) is 5.91 Å². The molecule has 4 heterocycles. The Morgan fingerprint density at radius 3 is 2.03 bits per heavy atom. The van der Waals surface area contributed by atoms with Crippen LogP contribution in [0, 0.1) is 17.8 Å². The molecule has 3 aromatic rings. The van der Waals surface area contributed by atoms with Gasteiger partial charge in [-0.3, -0.25) is 9.69 Å². The molecule has 4 aliphatic rings. The number of hydrogen-bond donors (Lipinski definition) is 1. The largest absolute Gasteiger partial charge is 0.493 e. The number of carbonyl (C=O) groups is 2. The van der Waals surface area contributed by atoms with E-state index in [0.29, 0.717) is 68.8 Å². The molecule has 7 atom stereocenters. The molecule has 14 nitrogen and oxygen atoms in total. The van der Waals surface area contributed by atoms with Crippen LogP contribution in [0.15, 0.2) is 60.4 Å². The third-order valence-corrected chi connectivity index (χ3v) is 13.9. The lowest BCUT2D eigenvalue weighted by Crippen LogP contribution is -2.48. The first-order valence-electron chi connectivity index (χ1n) is 23.2. The van der Waals surface area contributed by atoms with E-state index < -0.39 is 12.3 Å². The summed E-state index contributed by atoms with van der Waals surface area (Å²) in [4.78, 5) is 32.5. The van der Waals surface area contributed by atoms with Crippen LogP contribution in [-0.4, -0.2) is 128 Å². The van der Waals surface area contributed by atoms with Gasteiger partial charge >= 0.3 is 5.97 Å². The lowest BCUT2D eigenvalue weighted by molar-refractivity contribution is -0.173. The van der Waals surface area contributed by atoms with Gasteiger partial charge in [-0.25, -0.2) is 4.79 Å². The highest BCUT2D eigenvalue weighted by Crippen LogP contribution is 2.50. The highest BCUT2D eigenvalue weighted by molar-refractivity contribution is 5.92. The molecule has 0 saturated carbocycles. The van der Waals surface area contributed by atoms with Crippen LogP contribution < -0.4 is 18.9 Å². The van der Waals surface area contributed by atoms with E-state index in [1.807, 2.05) is 30.0 Å². The quantitative estimate of drug-likeness (QED) is 0.0914. The molecule has 1 saturated heterocycles.